The molecule has 1 aliphatic heterocycles. The van der Waals surface area contributed by atoms with Crippen LogP contribution in [0.2, 0.25) is 0 Å². The van der Waals surface area contributed by atoms with E-state index >= 15 is 0 Å². The van der Waals surface area contributed by atoms with Crippen LogP contribution in [0, 0.1) is 17.2 Å². The molecule has 6 rings (SSSR count). The van der Waals surface area contributed by atoms with Gasteiger partial charge in [0, 0.05) is 36.2 Å². The molecule has 2 atom stereocenters. The number of anilines is 1. The van der Waals surface area contributed by atoms with Crippen molar-refractivity contribution in [3.63, 3.8) is 0 Å². The minimum absolute atomic E-state index is 0.0923. The molecular weight excluding hydrogens is 540 g/mol. The number of carbonyl (C=O) groups is 1. The number of hydrogen-bond donors (Lipinski definition) is 1. The smallest absolute Gasteiger partial charge is 0.230 e. The Labute approximate surface area is 240 Å². The van der Waals surface area contributed by atoms with Gasteiger partial charge in [-0.3, -0.25) is 4.79 Å². The van der Waals surface area contributed by atoms with Gasteiger partial charge in [-0.05, 0) is 49.9 Å². The summed E-state index contributed by atoms with van der Waals surface area (Å²) < 4.78 is 35.9. The Balaban J connectivity index is 1.37. The van der Waals surface area contributed by atoms with E-state index in [9.17, 15) is 18.5 Å². The van der Waals surface area contributed by atoms with Crippen molar-refractivity contribution in [1.29, 1.82) is 5.26 Å². The summed E-state index contributed by atoms with van der Waals surface area (Å²) in [6.07, 6.45) is 4.79. The van der Waals surface area contributed by atoms with Crippen molar-refractivity contribution in [2.24, 2.45) is 5.92 Å². The number of nitrogens with zero attached hydrogens (tertiary/aromatic N) is 3. The van der Waals surface area contributed by atoms with Gasteiger partial charge in [0.2, 0.25) is 11.8 Å². The predicted molar refractivity (Wildman–Crippen MR) is 155 cm³/mol. The van der Waals surface area contributed by atoms with Crippen molar-refractivity contribution in [2.45, 2.75) is 50.0 Å². The number of ether oxygens (including phenoxy) is 1. The minimum Gasteiger partial charge on any atom is -0.496 e. The fourth-order valence-corrected chi connectivity index (χ4v) is 7.21. The van der Waals surface area contributed by atoms with Gasteiger partial charge in [-0.1, -0.05) is 37.1 Å². The molecule has 3 fully saturated rings. The third kappa shape index (κ3) is 5.55. The summed E-state index contributed by atoms with van der Waals surface area (Å²) in [4.78, 5) is 20.5. The molecule has 0 radical (unpaired) electrons. The maximum Gasteiger partial charge on any atom is 0.230 e. The second kappa shape index (κ2) is 10.9. The summed E-state index contributed by atoms with van der Waals surface area (Å²) in [5, 5.41) is 12.6. The van der Waals surface area contributed by atoms with Gasteiger partial charge in [-0.2, -0.15) is 5.26 Å². The first-order valence-corrected chi connectivity index (χ1v) is 16.1. The van der Waals surface area contributed by atoms with E-state index in [1.807, 2.05) is 48.5 Å². The molecule has 1 aromatic heterocycles. The van der Waals surface area contributed by atoms with E-state index in [4.69, 9.17) is 14.1 Å². The molecule has 1 amide bonds. The molecule has 214 valence electrons. The van der Waals surface area contributed by atoms with E-state index in [1.165, 1.54) is 0 Å². The largest absolute Gasteiger partial charge is 0.496 e. The highest BCUT2D eigenvalue weighted by Crippen LogP contribution is 2.45. The first-order chi connectivity index (χ1) is 19.8. The maximum atomic E-state index is 13.5. The van der Waals surface area contributed by atoms with Gasteiger partial charge in [-0.15, -0.1) is 0 Å². The lowest BCUT2D eigenvalue weighted by atomic mass is 9.76. The second-order valence-electron chi connectivity index (χ2n) is 11.3. The normalized spacial score (nSPS) is 22.9. The van der Waals surface area contributed by atoms with E-state index < -0.39 is 15.4 Å². The quantitative estimate of drug-likeness (QED) is 0.431. The molecule has 1 N–H and O–H groups in total. The Kier molecular flexibility index (Phi) is 7.24. The van der Waals surface area contributed by atoms with Crippen LogP contribution in [0.25, 0.3) is 22.7 Å². The number of benzene rings is 2. The molecule has 2 heterocycles. The van der Waals surface area contributed by atoms with Gasteiger partial charge in [0.05, 0.1) is 30.2 Å². The highest BCUT2D eigenvalue weighted by molar-refractivity contribution is 7.91. The average molecular weight is 575 g/mol. The molecule has 10 heteroatoms. The number of carbonyl (C=O) groups excluding carboxylic acids is 1. The Hall–Kier alpha value is -3.84. The fraction of sp³-hybridized carbons (Fsp3) is 0.452. The molecule has 41 heavy (non-hydrogen) atoms. The zero-order valence-corrected chi connectivity index (χ0v) is 24.0. The van der Waals surface area contributed by atoms with E-state index in [0.29, 0.717) is 49.0 Å². The number of amides is 1. The van der Waals surface area contributed by atoms with Crippen molar-refractivity contribution in [3.8, 4) is 34.5 Å². The van der Waals surface area contributed by atoms with Crippen molar-refractivity contribution in [1.82, 2.24) is 10.3 Å². The van der Waals surface area contributed by atoms with Crippen molar-refractivity contribution >= 4 is 21.4 Å². The number of hydrogen-bond acceptors (Lipinski definition) is 8. The van der Waals surface area contributed by atoms with Crippen LogP contribution in [0.1, 0.15) is 50.2 Å². The van der Waals surface area contributed by atoms with Crippen LogP contribution in [0.5, 0.6) is 5.75 Å². The van der Waals surface area contributed by atoms with Crippen LogP contribution in [-0.2, 0) is 14.6 Å². The number of aromatic nitrogens is 1. The zero-order valence-electron chi connectivity index (χ0n) is 23.1. The number of para-hydroxylation sites is 1. The third-order valence-corrected chi connectivity index (χ3v) is 10.2. The lowest BCUT2D eigenvalue weighted by Crippen LogP contribution is -2.42. The molecule has 0 spiro atoms. The van der Waals surface area contributed by atoms with Crippen LogP contribution in [0.15, 0.2) is 52.9 Å². The van der Waals surface area contributed by atoms with E-state index in [0.717, 1.165) is 42.5 Å². The Morgan fingerprint density at radius 1 is 1.10 bits per heavy atom. The predicted octanol–water partition coefficient (Wildman–Crippen LogP) is 4.70. The molecule has 2 aromatic carbocycles. The first-order valence-electron chi connectivity index (χ1n) is 14.2. The molecule has 2 saturated carbocycles. The molecule has 3 aliphatic rings. The Morgan fingerprint density at radius 3 is 2.49 bits per heavy atom. The van der Waals surface area contributed by atoms with Gasteiger partial charge >= 0.3 is 0 Å². The van der Waals surface area contributed by atoms with Gasteiger partial charge < -0.3 is 19.4 Å². The third-order valence-electron chi connectivity index (χ3n) is 8.61. The summed E-state index contributed by atoms with van der Waals surface area (Å²) in [6, 6.07) is 17.8. The summed E-state index contributed by atoms with van der Waals surface area (Å²) in [7, 11) is -1.36. The Bertz CT molecular complexity index is 1570. The number of oxazole rings is 1. The number of nitrogens with one attached hydrogen (secondary N) is 1. The summed E-state index contributed by atoms with van der Waals surface area (Å²) in [5.74, 6) is 1.46. The van der Waals surface area contributed by atoms with Crippen LogP contribution >= 0.6 is 0 Å². The highest BCUT2D eigenvalue weighted by Gasteiger charge is 2.47. The van der Waals surface area contributed by atoms with Gasteiger partial charge in [0.15, 0.2) is 9.84 Å². The second-order valence-corrected chi connectivity index (χ2v) is 13.6. The van der Waals surface area contributed by atoms with Crippen LogP contribution < -0.4 is 15.0 Å². The molecular formula is C31H34N4O5S. The summed E-state index contributed by atoms with van der Waals surface area (Å²) in [6.45, 7) is 0.940. The van der Waals surface area contributed by atoms with Gasteiger partial charge in [0.25, 0.3) is 0 Å². The highest BCUT2D eigenvalue weighted by atomic mass is 32.2. The lowest BCUT2D eigenvalue weighted by molar-refractivity contribution is -0.127. The van der Waals surface area contributed by atoms with Crippen molar-refractivity contribution in [2.75, 3.05) is 36.6 Å². The first kappa shape index (κ1) is 27.3. The fourth-order valence-electron chi connectivity index (χ4n) is 6.00. The van der Waals surface area contributed by atoms with E-state index in [1.54, 1.807) is 7.11 Å². The molecule has 3 aromatic rings. The Morgan fingerprint density at radius 2 is 1.80 bits per heavy atom. The van der Waals surface area contributed by atoms with Crippen LogP contribution in [0.4, 0.5) is 5.69 Å². The number of methoxy groups -OCH3 is 1. The average Bonchev–Trinajstić information content (AvgIpc) is 3.63. The molecule has 1 saturated heterocycles. The minimum atomic E-state index is -2.97. The molecule has 2 aliphatic carbocycles. The van der Waals surface area contributed by atoms with Gasteiger partial charge in [0.1, 0.15) is 22.7 Å². The maximum absolute atomic E-state index is 13.5. The lowest BCUT2D eigenvalue weighted by Gasteiger charge is -2.30. The van der Waals surface area contributed by atoms with E-state index in [-0.39, 0.29) is 29.2 Å². The number of rotatable bonds is 7. The monoisotopic (exact) mass is 574 g/mol. The van der Waals surface area contributed by atoms with Crippen LogP contribution in [0.3, 0.4) is 0 Å². The van der Waals surface area contributed by atoms with E-state index in [2.05, 4.69) is 16.3 Å². The molecule has 2 unspecified atom stereocenters. The van der Waals surface area contributed by atoms with Crippen LogP contribution in [-0.4, -0.2) is 56.6 Å². The molecule has 0 bridgehead atoms. The number of sulfone groups is 1. The topological polar surface area (TPSA) is 126 Å². The SMILES string of the molecule is COc1ccccc1-c1nc(-c2ccc(N3CCS(=O)(=O)CC3)cc2)c(C2CCCCC2C(=O)NC2(C#N)CC2)o1. The summed E-state index contributed by atoms with van der Waals surface area (Å²) >= 11 is 0. The van der Waals surface area contributed by atoms with Gasteiger partial charge in [-0.25, -0.2) is 13.4 Å². The van der Waals surface area contributed by atoms with Crippen molar-refractivity contribution in [3.05, 3.63) is 54.3 Å². The number of nitriles is 1. The summed E-state index contributed by atoms with van der Waals surface area (Å²) in [5.41, 5.74) is 2.50. The molecule has 9 nitrogen and oxygen atoms in total. The standard InChI is InChI=1S/C31H34N4O5S/c1-39-26-9-5-4-8-25(26)30-33-27(21-10-12-22(13-11-21)35-16-18-41(37,38)19-17-35)28(40-30)23-6-2-3-7-24(23)29(36)34-31(20-32)14-15-31/h4-5,8-13,23-24H,2-3,6-7,14-19H2,1H3,(H,34,36). The van der Waals surface area contributed by atoms with Crippen molar-refractivity contribution < 1.29 is 22.4 Å². The zero-order chi connectivity index (χ0) is 28.6.